The normalized spacial score (nSPS) is 10.4. The topological polar surface area (TPSA) is 56.7 Å². The highest BCUT2D eigenvalue weighted by Gasteiger charge is 2.03. The molecule has 18 heavy (non-hydrogen) atoms. The Kier molecular flexibility index (Phi) is 2.53. The molecule has 0 saturated carbocycles. The molecule has 0 spiro atoms. The second-order valence-electron chi connectivity index (χ2n) is 3.98. The first-order chi connectivity index (χ1) is 8.83. The lowest BCUT2D eigenvalue weighted by atomic mass is 10.1. The molecule has 4 nitrogen and oxygen atoms in total. The number of nitrogens with two attached hydrogens (primary N) is 1. The van der Waals surface area contributed by atoms with Crippen molar-refractivity contribution in [2.75, 3.05) is 5.73 Å². The largest absolute Gasteiger partial charge is 0.399 e. The summed E-state index contributed by atoms with van der Waals surface area (Å²) in [5.74, 6) is 0.805. The number of anilines is 1. The molecule has 88 valence electrons. The summed E-state index contributed by atoms with van der Waals surface area (Å²) >= 11 is 0. The third kappa shape index (κ3) is 1.96. The van der Waals surface area contributed by atoms with Crippen molar-refractivity contribution in [2.45, 2.75) is 0 Å². The van der Waals surface area contributed by atoms with Gasteiger partial charge in [0, 0.05) is 23.6 Å². The monoisotopic (exact) mass is 236 g/mol. The van der Waals surface area contributed by atoms with Gasteiger partial charge >= 0.3 is 0 Å². The highest BCUT2D eigenvalue weighted by atomic mass is 15.3. The van der Waals surface area contributed by atoms with Crippen molar-refractivity contribution < 1.29 is 0 Å². The van der Waals surface area contributed by atoms with Gasteiger partial charge in [-0.15, -0.1) is 0 Å². The van der Waals surface area contributed by atoms with Gasteiger partial charge < -0.3 is 5.73 Å². The fraction of sp³-hybridized carbons (Fsp3) is 0. The fourth-order valence-corrected chi connectivity index (χ4v) is 1.76. The fourth-order valence-electron chi connectivity index (χ4n) is 1.76. The first-order valence-electron chi connectivity index (χ1n) is 5.65. The quantitative estimate of drug-likeness (QED) is 0.695. The number of hydrogen-bond donors (Lipinski definition) is 1. The zero-order valence-corrected chi connectivity index (χ0v) is 9.69. The van der Waals surface area contributed by atoms with Gasteiger partial charge in [0.25, 0.3) is 0 Å². The van der Waals surface area contributed by atoms with Crippen LogP contribution in [0.15, 0.2) is 61.1 Å². The van der Waals surface area contributed by atoms with E-state index in [2.05, 4.69) is 10.1 Å². The number of nitrogens with zero attached hydrogens (tertiary/aromatic N) is 3. The Hall–Kier alpha value is -2.62. The molecule has 0 amide bonds. The summed E-state index contributed by atoms with van der Waals surface area (Å²) in [4.78, 5) is 4.25. The van der Waals surface area contributed by atoms with Gasteiger partial charge in [0.1, 0.15) is 0 Å². The van der Waals surface area contributed by atoms with Crippen LogP contribution in [-0.2, 0) is 0 Å². The molecular formula is C14H12N4. The Balaban J connectivity index is 1.97. The van der Waals surface area contributed by atoms with Crippen LogP contribution in [0, 0.1) is 0 Å². The molecule has 0 atom stereocenters. The number of rotatable bonds is 2. The van der Waals surface area contributed by atoms with Crippen LogP contribution in [-0.4, -0.2) is 14.8 Å². The first-order valence-corrected chi connectivity index (χ1v) is 5.65. The van der Waals surface area contributed by atoms with E-state index in [1.54, 1.807) is 10.9 Å². The summed E-state index contributed by atoms with van der Waals surface area (Å²) in [6.07, 6.45) is 5.52. The van der Waals surface area contributed by atoms with E-state index in [1.165, 1.54) is 0 Å². The van der Waals surface area contributed by atoms with Gasteiger partial charge in [0.15, 0.2) is 5.82 Å². The average molecular weight is 236 g/mol. The highest BCUT2D eigenvalue weighted by Crippen LogP contribution is 2.20. The average Bonchev–Trinajstić information content (AvgIpc) is 2.90. The van der Waals surface area contributed by atoms with E-state index >= 15 is 0 Å². The summed E-state index contributed by atoms with van der Waals surface area (Å²) in [7, 11) is 0. The Labute approximate surface area is 105 Å². The molecular weight excluding hydrogens is 224 g/mol. The molecule has 0 fully saturated rings. The minimum atomic E-state index is 0.760. The van der Waals surface area contributed by atoms with Crippen molar-refractivity contribution in [3.05, 3.63) is 61.1 Å². The molecule has 4 heteroatoms. The molecule has 0 bridgehead atoms. The lowest BCUT2D eigenvalue weighted by Crippen LogP contribution is -1.95. The van der Waals surface area contributed by atoms with Crippen molar-refractivity contribution in [2.24, 2.45) is 0 Å². The van der Waals surface area contributed by atoms with Crippen molar-refractivity contribution in [1.82, 2.24) is 14.8 Å². The predicted molar refractivity (Wildman–Crippen MR) is 71.2 cm³/mol. The minimum Gasteiger partial charge on any atom is -0.399 e. The van der Waals surface area contributed by atoms with Gasteiger partial charge in [0.2, 0.25) is 0 Å². The van der Waals surface area contributed by atoms with Gasteiger partial charge in [0.05, 0.1) is 6.20 Å². The summed E-state index contributed by atoms with van der Waals surface area (Å²) in [6.45, 7) is 0. The van der Waals surface area contributed by atoms with Crippen molar-refractivity contribution >= 4 is 5.69 Å². The first kappa shape index (κ1) is 10.5. The number of benzene rings is 1. The summed E-state index contributed by atoms with van der Waals surface area (Å²) < 4.78 is 1.76. The van der Waals surface area contributed by atoms with Crippen LogP contribution in [0.2, 0.25) is 0 Å². The van der Waals surface area contributed by atoms with Crippen LogP contribution in [0.1, 0.15) is 0 Å². The molecule has 0 aliphatic rings. The van der Waals surface area contributed by atoms with Gasteiger partial charge in [-0.3, -0.25) is 0 Å². The zero-order valence-electron chi connectivity index (χ0n) is 9.69. The second-order valence-corrected chi connectivity index (χ2v) is 3.98. The Morgan fingerprint density at radius 2 is 1.78 bits per heavy atom. The second kappa shape index (κ2) is 4.33. The van der Waals surface area contributed by atoms with Crippen LogP contribution in [0.3, 0.4) is 0 Å². The zero-order chi connectivity index (χ0) is 12.4. The molecule has 0 radical (unpaired) electrons. The van der Waals surface area contributed by atoms with E-state index < -0.39 is 0 Å². The molecule has 1 aromatic carbocycles. The third-order valence-corrected chi connectivity index (χ3v) is 2.71. The van der Waals surface area contributed by atoms with E-state index in [0.29, 0.717) is 0 Å². The van der Waals surface area contributed by atoms with E-state index in [-0.39, 0.29) is 0 Å². The Morgan fingerprint density at radius 1 is 0.944 bits per heavy atom. The maximum Gasteiger partial charge on any atom is 0.153 e. The number of hydrogen-bond acceptors (Lipinski definition) is 3. The van der Waals surface area contributed by atoms with Crippen molar-refractivity contribution in [3.8, 4) is 16.9 Å². The third-order valence-electron chi connectivity index (χ3n) is 2.71. The molecule has 0 aliphatic heterocycles. The maximum atomic E-state index is 5.67. The molecule has 2 heterocycles. The standard InChI is InChI=1S/C14H12N4/c15-13-6-4-11(5-7-13)12-9-17-18(10-12)14-3-1-2-8-16-14/h1-10H,15H2. The van der Waals surface area contributed by atoms with Crippen molar-refractivity contribution in [3.63, 3.8) is 0 Å². The van der Waals surface area contributed by atoms with Gasteiger partial charge in [-0.1, -0.05) is 18.2 Å². The van der Waals surface area contributed by atoms with Crippen LogP contribution in [0.5, 0.6) is 0 Å². The molecule has 0 unspecified atom stereocenters. The molecule has 3 rings (SSSR count). The van der Waals surface area contributed by atoms with Gasteiger partial charge in [-0.05, 0) is 29.8 Å². The summed E-state index contributed by atoms with van der Waals surface area (Å²) in [5.41, 5.74) is 8.56. The van der Waals surface area contributed by atoms with Gasteiger partial charge in [-0.2, -0.15) is 5.10 Å². The highest BCUT2D eigenvalue weighted by molar-refractivity contribution is 5.64. The minimum absolute atomic E-state index is 0.760. The lowest BCUT2D eigenvalue weighted by Gasteiger charge is -1.99. The molecule has 0 saturated heterocycles. The number of pyridine rings is 1. The maximum absolute atomic E-state index is 5.67. The molecule has 0 aliphatic carbocycles. The number of aromatic nitrogens is 3. The summed E-state index contributed by atoms with van der Waals surface area (Å²) in [6, 6.07) is 13.5. The predicted octanol–water partition coefficient (Wildman–Crippen LogP) is 2.52. The van der Waals surface area contributed by atoms with Crippen LogP contribution in [0.4, 0.5) is 5.69 Å². The van der Waals surface area contributed by atoms with E-state index in [1.807, 2.05) is 54.9 Å². The Bertz CT molecular complexity index is 641. The molecule has 2 aromatic heterocycles. The van der Waals surface area contributed by atoms with E-state index in [9.17, 15) is 0 Å². The van der Waals surface area contributed by atoms with Crippen LogP contribution >= 0.6 is 0 Å². The smallest absolute Gasteiger partial charge is 0.153 e. The Morgan fingerprint density at radius 3 is 2.50 bits per heavy atom. The van der Waals surface area contributed by atoms with Crippen molar-refractivity contribution in [1.29, 1.82) is 0 Å². The van der Waals surface area contributed by atoms with Crippen LogP contribution in [0.25, 0.3) is 16.9 Å². The van der Waals surface area contributed by atoms with Crippen LogP contribution < -0.4 is 5.73 Å². The van der Waals surface area contributed by atoms with E-state index in [4.69, 9.17) is 5.73 Å². The molecule has 2 N–H and O–H groups in total. The molecule has 3 aromatic rings. The van der Waals surface area contributed by atoms with E-state index in [0.717, 1.165) is 22.6 Å². The number of nitrogen functional groups attached to an aromatic ring is 1. The lowest BCUT2D eigenvalue weighted by molar-refractivity contribution is 0.847. The SMILES string of the molecule is Nc1ccc(-c2cnn(-c3ccccn3)c2)cc1. The summed E-state index contributed by atoms with van der Waals surface area (Å²) in [5, 5.41) is 4.31. The van der Waals surface area contributed by atoms with Gasteiger partial charge in [-0.25, -0.2) is 9.67 Å².